The lowest BCUT2D eigenvalue weighted by molar-refractivity contribution is -0.245. The largest absolute Gasteiger partial charge is 0.445 e. The Balaban J connectivity index is 1.12. The van der Waals surface area contributed by atoms with Gasteiger partial charge < -0.3 is 24.6 Å². The highest BCUT2D eigenvalue weighted by Gasteiger charge is 2.41. The topological polar surface area (TPSA) is 114 Å². The molecule has 0 saturated carbocycles. The first-order valence-electron chi connectivity index (χ1n) is 15.1. The van der Waals surface area contributed by atoms with Crippen molar-refractivity contribution in [3.63, 3.8) is 0 Å². The van der Waals surface area contributed by atoms with Gasteiger partial charge in [0.25, 0.3) is 5.91 Å². The molecule has 4 atom stereocenters. The number of benzene rings is 4. The SMILES string of the molecule is O=C(NC1CC(=O)N(c2ccc([C@@H]3O[C@H](CSc4ccccc4)C[C@H](c4ccc(CO)cc4)O3)cc2)C1=O)OCc1ccccc1. The Labute approximate surface area is 271 Å². The number of hydrogen-bond acceptors (Lipinski definition) is 8. The second-order valence-corrected chi connectivity index (χ2v) is 12.2. The van der Waals surface area contributed by atoms with Crippen molar-refractivity contribution in [2.24, 2.45) is 0 Å². The molecule has 236 valence electrons. The van der Waals surface area contributed by atoms with Gasteiger partial charge in [0, 0.05) is 22.6 Å². The Morgan fingerprint density at radius 3 is 2.22 bits per heavy atom. The summed E-state index contributed by atoms with van der Waals surface area (Å²) in [6.45, 7) is 0.0239. The number of alkyl carbamates (subject to hydrolysis) is 1. The molecule has 2 saturated heterocycles. The Morgan fingerprint density at radius 2 is 1.52 bits per heavy atom. The van der Waals surface area contributed by atoms with Crippen molar-refractivity contribution >= 4 is 35.4 Å². The Kier molecular flexibility index (Phi) is 10.1. The van der Waals surface area contributed by atoms with Crippen LogP contribution in [0.5, 0.6) is 0 Å². The summed E-state index contributed by atoms with van der Waals surface area (Å²) < 4.78 is 18.1. The molecule has 1 unspecified atom stereocenters. The first kappa shape index (κ1) is 31.5. The van der Waals surface area contributed by atoms with Crippen LogP contribution < -0.4 is 10.2 Å². The highest BCUT2D eigenvalue weighted by molar-refractivity contribution is 7.99. The number of nitrogens with zero attached hydrogens (tertiary/aromatic N) is 1. The van der Waals surface area contributed by atoms with E-state index in [-0.39, 0.29) is 31.8 Å². The lowest BCUT2D eigenvalue weighted by Gasteiger charge is -2.36. The van der Waals surface area contributed by atoms with Crippen molar-refractivity contribution in [3.05, 3.63) is 131 Å². The summed E-state index contributed by atoms with van der Waals surface area (Å²) in [5.41, 5.74) is 3.76. The van der Waals surface area contributed by atoms with Gasteiger partial charge in [0.15, 0.2) is 6.29 Å². The van der Waals surface area contributed by atoms with E-state index in [2.05, 4.69) is 17.4 Å². The molecule has 2 fully saturated rings. The highest BCUT2D eigenvalue weighted by atomic mass is 32.2. The zero-order valence-corrected chi connectivity index (χ0v) is 25.8. The van der Waals surface area contributed by atoms with Crippen LogP contribution in [0.3, 0.4) is 0 Å². The summed E-state index contributed by atoms with van der Waals surface area (Å²) in [4.78, 5) is 40.6. The van der Waals surface area contributed by atoms with Crippen molar-refractivity contribution in [1.29, 1.82) is 0 Å². The van der Waals surface area contributed by atoms with Gasteiger partial charge >= 0.3 is 6.09 Å². The van der Waals surface area contributed by atoms with E-state index in [1.807, 2.05) is 72.8 Å². The molecule has 3 amide bonds. The monoisotopic (exact) mass is 638 g/mol. The van der Waals surface area contributed by atoms with Crippen molar-refractivity contribution in [2.45, 2.75) is 55.5 Å². The number of imide groups is 1. The van der Waals surface area contributed by atoms with Crippen LogP contribution in [0.1, 0.15) is 47.5 Å². The molecule has 0 spiro atoms. The number of carbonyl (C=O) groups is 3. The minimum Gasteiger partial charge on any atom is -0.445 e. The van der Waals surface area contributed by atoms with Crippen molar-refractivity contribution < 1.29 is 33.7 Å². The van der Waals surface area contributed by atoms with Crippen LogP contribution in [0, 0.1) is 0 Å². The number of hydrogen-bond donors (Lipinski definition) is 2. The molecule has 2 aliphatic heterocycles. The molecule has 4 aromatic rings. The standard InChI is InChI=1S/C36H34N2O7S/c39-21-24-11-13-26(14-12-24)32-19-29(23-46-30-9-5-2-6-10-30)44-35(45-32)27-15-17-28(18-16-27)38-33(40)20-31(34(38)41)37-36(42)43-22-25-7-3-1-4-8-25/h1-18,29,31-32,35,39H,19-23H2,(H,37,42)/t29-,31?,32+,35+/m0/s1. The molecular formula is C36H34N2O7S. The van der Waals surface area contributed by atoms with Crippen molar-refractivity contribution in [1.82, 2.24) is 5.32 Å². The molecule has 2 N–H and O–H groups in total. The highest BCUT2D eigenvalue weighted by Crippen LogP contribution is 2.40. The van der Waals surface area contributed by atoms with Gasteiger partial charge in [0.1, 0.15) is 12.6 Å². The average molecular weight is 639 g/mol. The molecular weight excluding hydrogens is 604 g/mol. The van der Waals surface area contributed by atoms with Crippen molar-refractivity contribution in [3.8, 4) is 0 Å². The second kappa shape index (κ2) is 14.7. The first-order valence-corrected chi connectivity index (χ1v) is 16.1. The summed E-state index contributed by atoms with van der Waals surface area (Å²) in [5.74, 6) is -0.212. The number of aliphatic hydroxyl groups is 1. The number of nitrogens with one attached hydrogen (secondary N) is 1. The minimum absolute atomic E-state index is 0.0304. The third-order valence-electron chi connectivity index (χ3n) is 7.87. The van der Waals surface area contributed by atoms with E-state index in [9.17, 15) is 19.5 Å². The van der Waals surface area contributed by atoms with Crippen molar-refractivity contribution in [2.75, 3.05) is 10.7 Å². The normalized spacial score (nSPS) is 21.3. The molecule has 4 aromatic carbocycles. The zero-order valence-electron chi connectivity index (χ0n) is 25.0. The van der Waals surface area contributed by atoms with Gasteiger partial charge in [0.2, 0.25) is 5.91 Å². The maximum absolute atomic E-state index is 13.2. The second-order valence-electron chi connectivity index (χ2n) is 11.1. The molecule has 2 aliphatic rings. The molecule has 6 rings (SSSR count). The lowest BCUT2D eigenvalue weighted by atomic mass is 10.0. The van der Waals surface area contributed by atoms with Gasteiger partial charge in [-0.15, -0.1) is 11.8 Å². The van der Waals surface area contributed by atoms with E-state index in [0.29, 0.717) is 12.1 Å². The van der Waals surface area contributed by atoms with Gasteiger partial charge in [-0.1, -0.05) is 84.9 Å². The van der Waals surface area contributed by atoms with E-state index >= 15 is 0 Å². The minimum atomic E-state index is -1.01. The third-order valence-corrected chi connectivity index (χ3v) is 9.01. The maximum atomic E-state index is 13.2. The van der Waals surface area contributed by atoms with Gasteiger partial charge in [-0.2, -0.15) is 0 Å². The summed E-state index contributed by atoms with van der Waals surface area (Å²) in [6, 6.07) is 33.0. The van der Waals surface area contributed by atoms with Crippen LogP contribution in [0.4, 0.5) is 10.5 Å². The van der Waals surface area contributed by atoms with Gasteiger partial charge in [-0.05, 0) is 41.0 Å². The lowest BCUT2D eigenvalue weighted by Crippen LogP contribution is -2.42. The molecule has 10 heteroatoms. The molecule has 0 aromatic heterocycles. The molecule has 0 radical (unpaired) electrons. The fourth-order valence-electron chi connectivity index (χ4n) is 5.43. The van der Waals surface area contributed by atoms with Crippen LogP contribution in [-0.4, -0.2) is 40.9 Å². The number of carbonyl (C=O) groups excluding carboxylic acids is 3. The zero-order chi connectivity index (χ0) is 31.9. The van der Waals surface area contributed by atoms with Crippen LogP contribution >= 0.6 is 11.8 Å². The predicted octanol–water partition coefficient (Wildman–Crippen LogP) is 6.07. The number of thioether (sulfide) groups is 1. The molecule has 9 nitrogen and oxygen atoms in total. The van der Waals surface area contributed by atoms with Crippen LogP contribution in [0.2, 0.25) is 0 Å². The van der Waals surface area contributed by atoms with E-state index in [0.717, 1.165) is 37.8 Å². The quantitative estimate of drug-likeness (QED) is 0.159. The summed E-state index contributed by atoms with van der Waals surface area (Å²) in [6.07, 6.45) is -1.28. The Hall–Kier alpha value is -4.48. The first-order chi connectivity index (χ1) is 22.5. The van der Waals surface area contributed by atoms with E-state index in [4.69, 9.17) is 14.2 Å². The van der Waals surface area contributed by atoms with Gasteiger partial charge in [-0.3, -0.25) is 9.59 Å². The van der Waals surface area contributed by atoms with Gasteiger partial charge in [-0.25, -0.2) is 9.69 Å². The smallest absolute Gasteiger partial charge is 0.408 e. The fourth-order valence-corrected chi connectivity index (χ4v) is 6.37. The average Bonchev–Trinajstić information content (AvgIpc) is 3.38. The van der Waals surface area contributed by atoms with Gasteiger partial charge in [0.05, 0.1) is 30.9 Å². The van der Waals surface area contributed by atoms with Crippen LogP contribution in [-0.2, 0) is 37.0 Å². The number of aliphatic hydroxyl groups excluding tert-OH is 1. The Morgan fingerprint density at radius 1 is 0.848 bits per heavy atom. The van der Waals surface area contributed by atoms with Crippen LogP contribution in [0.25, 0.3) is 0 Å². The van der Waals surface area contributed by atoms with E-state index in [1.165, 1.54) is 0 Å². The summed E-state index contributed by atoms with van der Waals surface area (Å²) >= 11 is 1.72. The fraction of sp³-hybridized carbons (Fsp3) is 0.250. The number of amides is 3. The number of rotatable bonds is 10. The summed E-state index contributed by atoms with van der Waals surface area (Å²) in [5, 5.41) is 12.0. The Bertz CT molecular complexity index is 1630. The predicted molar refractivity (Wildman–Crippen MR) is 173 cm³/mol. The third kappa shape index (κ3) is 7.66. The van der Waals surface area contributed by atoms with E-state index in [1.54, 1.807) is 36.0 Å². The molecule has 0 bridgehead atoms. The molecule has 46 heavy (non-hydrogen) atoms. The number of ether oxygens (including phenoxy) is 3. The number of anilines is 1. The molecule has 0 aliphatic carbocycles. The van der Waals surface area contributed by atoms with Crippen LogP contribution in [0.15, 0.2) is 114 Å². The van der Waals surface area contributed by atoms with E-state index < -0.39 is 30.2 Å². The maximum Gasteiger partial charge on any atom is 0.408 e. The molecule has 2 heterocycles. The summed E-state index contributed by atoms with van der Waals surface area (Å²) in [7, 11) is 0.